The molecule has 1 atom stereocenters. The fourth-order valence-electron chi connectivity index (χ4n) is 3.95. The van der Waals surface area contributed by atoms with Gasteiger partial charge in [0.2, 0.25) is 5.91 Å². The van der Waals surface area contributed by atoms with Crippen molar-refractivity contribution in [1.29, 1.82) is 0 Å². The Morgan fingerprint density at radius 1 is 0.971 bits per heavy atom. The van der Waals surface area contributed by atoms with Crippen LogP contribution in [0.4, 0.5) is 18.9 Å². The van der Waals surface area contributed by atoms with Gasteiger partial charge in [-0.1, -0.05) is 12.1 Å². The Labute approximate surface area is 207 Å². The zero-order chi connectivity index (χ0) is 24.0. The molecule has 3 amide bonds. The van der Waals surface area contributed by atoms with Gasteiger partial charge in [-0.3, -0.25) is 19.3 Å². The van der Waals surface area contributed by atoms with E-state index >= 15 is 0 Å². The first-order valence-electron chi connectivity index (χ1n) is 10.1. The number of carbonyl (C=O) groups is 3. The standard InChI is InChI=1S/C24H14F3N3O3S.H2S/c25-13-7-12(8-14(26)10-13)9-18(30-23(32)15-3-1-2-4-16(15)24(30)33)22(31)29-17-5-6-19-21(20(17)27)28-11-34-19;/h1-8,10-11,18H,9H2,(H,29,31);1H2/t18-;/m0./s1. The van der Waals surface area contributed by atoms with E-state index in [-0.39, 0.29) is 47.8 Å². The topological polar surface area (TPSA) is 79.4 Å². The predicted octanol–water partition coefficient (Wildman–Crippen LogP) is 4.67. The van der Waals surface area contributed by atoms with E-state index in [9.17, 15) is 27.6 Å². The van der Waals surface area contributed by atoms with E-state index in [1.807, 2.05) is 0 Å². The molecule has 2 heterocycles. The molecule has 0 fully saturated rings. The normalized spacial score (nSPS) is 13.5. The first-order chi connectivity index (χ1) is 16.3. The van der Waals surface area contributed by atoms with E-state index in [0.717, 1.165) is 17.0 Å². The third-order valence-corrected chi connectivity index (χ3v) is 6.28. The first kappa shape index (κ1) is 24.4. The molecule has 0 aliphatic carbocycles. The maximum atomic E-state index is 14.9. The second-order valence-corrected chi connectivity index (χ2v) is 8.53. The molecule has 1 N–H and O–H groups in total. The molecular formula is C24H16F3N3O3S2. The summed E-state index contributed by atoms with van der Waals surface area (Å²) in [4.78, 5) is 44.1. The molecule has 0 spiro atoms. The lowest BCUT2D eigenvalue weighted by molar-refractivity contribution is -0.120. The summed E-state index contributed by atoms with van der Waals surface area (Å²) in [5.41, 5.74) is 1.57. The Hall–Kier alpha value is -3.70. The van der Waals surface area contributed by atoms with Crippen LogP contribution in [0.25, 0.3) is 10.2 Å². The lowest BCUT2D eigenvalue weighted by atomic mass is 10.0. The quantitative estimate of drug-likeness (QED) is 0.392. The smallest absolute Gasteiger partial charge is 0.262 e. The number of fused-ring (bicyclic) bond motifs is 2. The van der Waals surface area contributed by atoms with Crippen LogP contribution in [0.1, 0.15) is 26.3 Å². The van der Waals surface area contributed by atoms with Gasteiger partial charge in [0.05, 0.1) is 27.0 Å². The van der Waals surface area contributed by atoms with Gasteiger partial charge in [-0.15, -0.1) is 11.3 Å². The number of rotatable bonds is 5. The second kappa shape index (κ2) is 9.51. The summed E-state index contributed by atoms with van der Waals surface area (Å²) in [5.74, 6) is -4.88. The first-order valence-corrected chi connectivity index (χ1v) is 11.0. The summed E-state index contributed by atoms with van der Waals surface area (Å²) in [6.07, 6.45) is -0.382. The minimum Gasteiger partial charge on any atom is -0.322 e. The van der Waals surface area contributed by atoms with Gasteiger partial charge in [0.15, 0.2) is 5.82 Å². The number of nitrogens with zero attached hydrogens (tertiary/aromatic N) is 2. The minimum absolute atomic E-state index is 0. The van der Waals surface area contributed by atoms with Crippen LogP contribution in [-0.2, 0) is 11.2 Å². The Balaban J connectivity index is 0.00000289. The van der Waals surface area contributed by atoms with Crippen LogP contribution in [0.3, 0.4) is 0 Å². The van der Waals surface area contributed by atoms with E-state index in [1.165, 1.54) is 35.0 Å². The number of imide groups is 1. The lowest BCUT2D eigenvalue weighted by Gasteiger charge is -2.25. The van der Waals surface area contributed by atoms with Crippen molar-refractivity contribution in [2.24, 2.45) is 0 Å². The number of carbonyl (C=O) groups excluding carboxylic acids is 3. The summed E-state index contributed by atoms with van der Waals surface area (Å²) in [5, 5.41) is 2.40. The molecule has 178 valence electrons. The number of anilines is 1. The summed E-state index contributed by atoms with van der Waals surface area (Å²) >= 11 is 1.22. The molecule has 11 heteroatoms. The molecule has 3 aromatic carbocycles. The molecule has 35 heavy (non-hydrogen) atoms. The lowest BCUT2D eigenvalue weighted by Crippen LogP contribution is -2.48. The van der Waals surface area contributed by atoms with Crippen molar-refractivity contribution in [1.82, 2.24) is 9.88 Å². The van der Waals surface area contributed by atoms with Gasteiger partial charge in [-0.2, -0.15) is 13.5 Å². The second-order valence-electron chi connectivity index (χ2n) is 7.64. The van der Waals surface area contributed by atoms with Crippen LogP contribution in [-0.4, -0.2) is 33.6 Å². The number of amides is 3. The fourth-order valence-corrected chi connectivity index (χ4v) is 4.63. The van der Waals surface area contributed by atoms with Crippen LogP contribution < -0.4 is 5.32 Å². The number of thiazole rings is 1. The molecule has 0 bridgehead atoms. The summed E-state index contributed by atoms with van der Waals surface area (Å²) in [7, 11) is 0. The molecule has 6 nitrogen and oxygen atoms in total. The molecule has 1 aromatic heterocycles. The third-order valence-electron chi connectivity index (χ3n) is 5.49. The van der Waals surface area contributed by atoms with Crippen LogP contribution in [0.2, 0.25) is 0 Å². The molecule has 0 saturated heterocycles. The summed E-state index contributed by atoms with van der Waals surface area (Å²) in [6.45, 7) is 0. The minimum atomic E-state index is -1.50. The third kappa shape index (κ3) is 4.40. The highest BCUT2D eigenvalue weighted by molar-refractivity contribution is 7.59. The largest absolute Gasteiger partial charge is 0.322 e. The van der Waals surface area contributed by atoms with Gasteiger partial charge in [0.25, 0.3) is 11.8 Å². The average Bonchev–Trinajstić information content (AvgIpc) is 3.38. The molecule has 1 aliphatic rings. The number of hydrogen-bond acceptors (Lipinski definition) is 5. The zero-order valence-corrected chi connectivity index (χ0v) is 19.5. The van der Waals surface area contributed by atoms with Crippen molar-refractivity contribution in [3.8, 4) is 0 Å². The molecule has 5 rings (SSSR count). The highest BCUT2D eigenvalue weighted by Crippen LogP contribution is 2.29. The van der Waals surface area contributed by atoms with Crippen molar-refractivity contribution in [3.63, 3.8) is 0 Å². The number of hydrogen-bond donors (Lipinski definition) is 1. The van der Waals surface area contributed by atoms with Crippen LogP contribution in [0.15, 0.2) is 60.1 Å². The molecular weight excluding hydrogens is 499 g/mol. The fraction of sp³-hybridized carbons (Fsp3) is 0.0833. The predicted molar refractivity (Wildman–Crippen MR) is 129 cm³/mol. The Morgan fingerprint density at radius 2 is 1.60 bits per heavy atom. The van der Waals surface area contributed by atoms with Gasteiger partial charge >= 0.3 is 0 Å². The van der Waals surface area contributed by atoms with Crippen LogP contribution in [0, 0.1) is 17.5 Å². The van der Waals surface area contributed by atoms with Gasteiger partial charge in [0.1, 0.15) is 23.2 Å². The van der Waals surface area contributed by atoms with Gasteiger partial charge in [-0.25, -0.2) is 18.2 Å². The highest BCUT2D eigenvalue weighted by Gasteiger charge is 2.43. The number of aromatic nitrogens is 1. The Bertz CT molecular complexity index is 1440. The summed E-state index contributed by atoms with van der Waals surface area (Å²) in [6, 6.07) is 10.1. The summed E-state index contributed by atoms with van der Waals surface area (Å²) < 4.78 is 43.1. The van der Waals surface area contributed by atoms with E-state index in [4.69, 9.17) is 0 Å². The maximum Gasteiger partial charge on any atom is 0.262 e. The average molecular weight is 516 g/mol. The maximum absolute atomic E-state index is 14.9. The molecule has 4 aromatic rings. The monoisotopic (exact) mass is 515 g/mol. The number of benzene rings is 3. The highest BCUT2D eigenvalue weighted by atomic mass is 32.1. The van der Waals surface area contributed by atoms with E-state index in [0.29, 0.717) is 10.8 Å². The van der Waals surface area contributed by atoms with Gasteiger partial charge in [0, 0.05) is 12.5 Å². The van der Waals surface area contributed by atoms with Crippen molar-refractivity contribution in [2.45, 2.75) is 12.5 Å². The van der Waals surface area contributed by atoms with E-state index < -0.39 is 41.2 Å². The van der Waals surface area contributed by atoms with Crippen molar-refractivity contribution >= 4 is 58.5 Å². The van der Waals surface area contributed by atoms with Gasteiger partial charge in [-0.05, 0) is 42.0 Å². The molecule has 0 unspecified atom stereocenters. The zero-order valence-electron chi connectivity index (χ0n) is 17.7. The number of nitrogens with one attached hydrogen (secondary N) is 1. The molecule has 0 radical (unpaired) electrons. The van der Waals surface area contributed by atoms with Crippen molar-refractivity contribution in [3.05, 3.63) is 94.2 Å². The van der Waals surface area contributed by atoms with Gasteiger partial charge < -0.3 is 5.32 Å². The van der Waals surface area contributed by atoms with E-state index in [2.05, 4.69) is 10.3 Å². The Kier molecular flexibility index (Phi) is 6.64. The SMILES string of the molecule is O=C(Nc1ccc2scnc2c1F)[C@H](Cc1cc(F)cc(F)c1)N1C(=O)c2ccccc2C1=O.S. The van der Waals surface area contributed by atoms with Crippen molar-refractivity contribution < 1.29 is 27.6 Å². The molecule has 0 saturated carbocycles. The number of halogens is 3. The Morgan fingerprint density at radius 3 is 2.23 bits per heavy atom. The molecule has 1 aliphatic heterocycles. The van der Waals surface area contributed by atoms with E-state index in [1.54, 1.807) is 18.2 Å². The van der Waals surface area contributed by atoms with Crippen LogP contribution in [0.5, 0.6) is 0 Å². The van der Waals surface area contributed by atoms with Crippen molar-refractivity contribution in [2.75, 3.05) is 5.32 Å². The van der Waals surface area contributed by atoms with Crippen LogP contribution >= 0.6 is 24.8 Å².